The number of fused-ring (bicyclic) bond motifs is 2. The van der Waals surface area contributed by atoms with Crippen LogP contribution in [0.4, 0.5) is 21.2 Å². The van der Waals surface area contributed by atoms with E-state index in [2.05, 4.69) is 40.5 Å². The van der Waals surface area contributed by atoms with Gasteiger partial charge in [-0.1, -0.05) is 11.8 Å². The highest BCUT2D eigenvalue weighted by atomic mass is 32.2. The van der Waals surface area contributed by atoms with Gasteiger partial charge in [0.1, 0.15) is 55.0 Å². The molecule has 6 rings (SSSR count). The first kappa shape index (κ1) is 46.9. The summed E-state index contributed by atoms with van der Waals surface area (Å²) in [5.74, 6) is -1.75. The number of aliphatic hydroxyl groups excluding tert-OH is 8. The second-order valence-electron chi connectivity index (χ2n) is 13.7. The number of amides is 6. The maximum absolute atomic E-state index is 12.4. The van der Waals surface area contributed by atoms with Gasteiger partial charge in [-0.2, -0.15) is 0 Å². The number of nitrogens with one attached hydrogen (secondary N) is 3. The van der Waals surface area contributed by atoms with Crippen molar-refractivity contribution in [3.63, 3.8) is 0 Å². The smallest absolute Gasteiger partial charge is 0.329 e. The van der Waals surface area contributed by atoms with Crippen LogP contribution in [0.25, 0.3) is 22.3 Å². The molecule has 61 heavy (non-hydrogen) atoms. The number of thioether (sulfide) groups is 1. The first-order valence-electron chi connectivity index (χ1n) is 18.1. The van der Waals surface area contributed by atoms with E-state index in [0.717, 1.165) is 23.0 Å². The summed E-state index contributed by atoms with van der Waals surface area (Å²) in [5.41, 5.74) is 11.6. The normalized spacial score (nSPS) is 25.6. The molecule has 4 aromatic rings. The molecule has 6 amide bonds. The Bertz CT molecular complexity index is 2210. The molecule has 0 aliphatic carbocycles. The van der Waals surface area contributed by atoms with E-state index in [1.807, 2.05) is 5.32 Å². The van der Waals surface area contributed by atoms with Crippen LogP contribution in [0.2, 0.25) is 0 Å². The molecule has 4 aromatic heterocycles. The molecule has 0 bridgehead atoms. The Labute approximate surface area is 347 Å². The molecule has 6 heterocycles. The fourth-order valence-electron chi connectivity index (χ4n) is 5.89. The molecule has 15 N–H and O–H groups in total. The third-order valence-corrected chi connectivity index (χ3v) is 10.0. The van der Waals surface area contributed by atoms with Gasteiger partial charge in [0.2, 0.25) is 11.8 Å². The summed E-state index contributed by atoms with van der Waals surface area (Å²) < 4.78 is 13.7. The third-order valence-electron chi connectivity index (χ3n) is 9.47. The lowest BCUT2D eigenvalue weighted by Gasteiger charge is -2.19. The summed E-state index contributed by atoms with van der Waals surface area (Å²) in [6.45, 7) is 1.64. The van der Waals surface area contributed by atoms with E-state index < -0.39 is 110 Å². The van der Waals surface area contributed by atoms with Crippen LogP contribution >= 0.6 is 11.8 Å². The molecule has 334 valence electrons. The van der Waals surface area contributed by atoms with Crippen molar-refractivity contribution in [2.45, 2.75) is 92.4 Å². The van der Waals surface area contributed by atoms with Gasteiger partial charge < -0.3 is 61.8 Å². The number of imide groups is 2. The maximum Gasteiger partial charge on any atom is 0.329 e. The number of aliphatic hydroxyl groups is 8. The molecule has 2 aliphatic heterocycles. The number of carbonyl (C=O) groups is 4. The van der Waals surface area contributed by atoms with Gasteiger partial charge >= 0.3 is 12.1 Å². The van der Waals surface area contributed by atoms with Crippen molar-refractivity contribution in [2.75, 3.05) is 36.7 Å². The zero-order valence-electron chi connectivity index (χ0n) is 32.7. The van der Waals surface area contributed by atoms with Gasteiger partial charge in [0, 0.05) is 7.05 Å². The van der Waals surface area contributed by atoms with Crippen LogP contribution in [-0.4, -0.2) is 191 Å². The first-order chi connectivity index (χ1) is 28.8. The van der Waals surface area contributed by atoms with Crippen LogP contribution in [0, 0.1) is 0 Å². The summed E-state index contributed by atoms with van der Waals surface area (Å²) in [7, 11) is 1.34. The number of hydrogen-bond donors (Lipinski definition) is 13. The van der Waals surface area contributed by atoms with E-state index in [1.54, 1.807) is 6.26 Å². The molecule has 12 atom stereocenters. The highest BCUT2D eigenvalue weighted by Gasteiger charge is 2.45. The predicted molar refractivity (Wildman–Crippen MR) is 207 cm³/mol. The lowest BCUT2D eigenvalue weighted by molar-refractivity contribution is -0.124. The predicted octanol–water partition coefficient (Wildman–Crippen LogP) is -5.67. The van der Waals surface area contributed by atoms with Crippen LogP contribution < -0.4 is 32.3 Å². The lowest BCUT2D eigenvalue weighted by atomic mass is 10.1. The first-order valence-corrected chi connectivity index (χ1v) is 19.4. The standard InChI is InChI=1S/C16H23N7O7S.C16H23N7O7/c1-5(25)7(17)13(28)22-15(29)19-11-8-12(21-16(20-11)31-2)23(4-18-8)14-10(27)9(26)6(3-24)30-14;1-6(25)8(17)14(28)21-16(29)22(2)12-9-13(19-4-18-12)23(5-20-9)15-11(27)10(26)7(3-24)30-15/h4-7,9-10,14,24-27H,3,17H2,1-2H3,(H2,19,20,21,22,28,29);4-8,10-11,15,24-27H,3,17H2,1-2H3,(H,21,28,29)/t5?,6-,7?,9-,10-,14-;6?,7-,8?,10-,11-,15-/m11/s1. The minimum Gasteiger partial charge on any atom is -0.394 e. The van der Waals surface area contributed by atoms with Crippen molar-refractivity contribution in [2.24, 2.45) is 11.5 Å². The number of rotatable bonds is 11. The SMILES string of the molecule is CC(O)C(N)C(=O)NC(=O)N(C)c1ncnc2c1ncn2[C@@H]1O[C@H](CO)[C@@H](O)[C@H]1O.CSc1nc(NC(=O)NC(=O)C(N)C(C)O)c2ncn([C@@H]3O[C@H](CO)[C@@H](O)[C@H]3O)c2n1. The summed E-state index contributed by atoms with van der Waals surface area (Å²) in [5, 5.41) is 84.5. The Morgan fingerprint density at radius 3 is 1.79 bits per heavy atom. The second-order valence-corrected chi connectivity index (χ2v) is 14.5. The highest BCUT2D eigenvalue weighted by molar-refractivity contribution is 7.98. The van der Waals surface area contributed by atoms with Crippen molar-refractivity contribution < 1.29 is 69.5 Å². The Kier molecular flexibility index (Phi) is 15.2. The Balaban J connectivity index is 0.000000231. The van der Waals surface area contributed by atoms with Crippen molar-refractivity contribution in [1.29, 1.82) is 0 Å². The summed E-state index contributed by atoms with van der Waals surface area (Å²) >= 11 is 1.16. The number of nitrogens with two attached hydrogens (primary N) is 2. The Hall–Kier alpha value is -5.15. The molecule has 28 nitrogen and oxygen atoms in total. The molecule has 4 unspecified atom stereocenters. The van der Waals surface area contributed by atoms with Gasteiger partial charge in [-0.05, 0) is 20.1 Å². The van der Waals surface area contributed by atoms with Crippen molar-refractivity contribution in [3.8, 4) is 0 Å². The van der Waals surface area contributed by atoms with Crippen LogP contribution in [0.15, 0.2) is 24.1 Å². The molecule has 2 saturated heterocycles. The van der Waals surface area contributed by atoms with E-state index in [9.17, 15) is 60.0 Å². The number of aromatic nitrogens is 8. The molecule has 0 saturated carbocycles. The Morgan fingerprint density at radius 1 is 0.787 bits per heavy atom. The topological polar surface area (TPSA) is 427 Å². The molecule has 0 radical (unpaired) electrons. The number of nitrogens with zero attached hydrogens (tertiary/aromatic N) is 9. The minimum absolute atomic E-state index is 0.0317. The average molecular weight is 883 g/mol. The van der Waals surface area contributed by atoms with E-state index >= 15 is 0 Å². The van der Waals surface area contributed by atoms with Crippen LogP contribution in [0.3, 0.4) is 0 Å². The van der Waals surface area contributed by atoms with Gasteiger partial charge in [0.05, 0.1) is 38.1 Å². The van der Waals surface area contributed by atoms with Gasteiger partial charge in [-0.15, -0.1) is 0 Å². The van der Waals surface area contributed by atoms with Gasteiger partial charge in [0.25, 0.3) is 0 Å². The molecule has 2 fully saturated rings. The minimum atomic E-state index is -1.36. The fourth-order valence-corrected chi connectivity index (χ4v) is 6.25. The zero-order chi connectivity index (χ0) is 45.0. The number of carbonyl (C=O) groups excluding carboxylic acids is 4. The van der Waals surface area contributed by atoms with Crippen LogP contribution in [0.1, 0.15) is 26.3 Å². The molecule has 2 aliphatic rings. The quantitative estimate of drug-likeness (QED) is 0.0493. The summed E-state index contributed by atoms with van der Waals surface area (Å²) in [6.07, 6.45) is -6.39. The maximum atomic E-state index is 12.4. The van der Waals surface area contributed by atoms with Crippen molar-refractivity contribution in [3.05, 3.63) is 19.0 Å². The van der Waals surface area contributed by atoms with Crippen LogP contribution in [0.5, 0.6) is 0 Å². The number of urea groups is 2. The Morgan fingerprint density at radius 2 is 1.30 bits per heavy atom. The highest BCUT2D eigenvalue weighted by Crippen LogP contribution is 2.34. The van der Waals surface area contributed by atoms with Crippen LogP contribution in [-0.2, 0) is 19.1 Å². The van der Waals surface area contributed by atoms with Gasteiger partial charge in [-0.25, -0.2) is 39.5 Å². The van der Waals surface area contributed by atoms with Crippen molar-refractivity contribution >= 4 is 69.6 Å². The molecule has 29 heteroatoms. The van der Waals surface area contributed by atoms with E-state index in [1.165, 1.54) is 42.7 Å². The molecule has 0 aromatic carbocycles. The number of hydrogen-bond acceptors (Lipinski definition) is 23. The fraction of sp³-hybridized carbons (Fsp3) is 0.562. The second kappa shape index (κ2) is 19.7. The van der Waals surface area contributed by atoms with E-state index in [0.29, 0.717) is 0 Å². The number of anilines is 2. The average Bonchev–Trinajstić information content (AvgIpc) is 4.00. The van der Waals surface area contributed by atoms with Gasteiger partial charge in [-0.3, -0.25) is 39.6 Å². The third kappa shape index (κ3) is 9.83. The van der Waals surface area contributed by atoms with E-state index in [-0.39, 0.29) is 39.1 Å². The lowest BCUT2D eigenvalue weighted by Crippen LogP contribution is -2.52. The molecular weight excluding hydrogens is 837 g/mol. The largest absolute Gasteiger partial charge is 0.394 e. The number of ether oxygens (including phenoxy) is 2. The summed E-state index contributed by atoms with van der Waals surface area (Å²) in [4.78, 5) is 74.3. The van der Waals surface area contributed by atoms with Gasteiger partial charge in [0.15, 0.2) is 51.6 Å². The molecule has 0 spiro atoms. The molecular formula is C32H46N14O14S. The zero-order valence-corrected chi connectivity index (χ0v) is 33.5. The van der Waals surface area contributed by atoms with E-state index in [4.69, 9.17) is 20.9 Å². The monoisotopic (exact) mass is 882 g/mol. The number of imidazole rings is 2. The van der Waals surface area contributed by atoms with Crippen molar-refractivity contribution in [1.82, 2.24) is 49.7 Å². The summed E-state index contributed by atoms with van der Waals surface area (Å²) in [6, 6.07) is -4.41.